The lowest BCUT2D eigenvalue weighted by Crippen LogP contribution is -1.80. The van der Waals surface area contributed by atoms with Gasteiger partial charge in [0, 0.05) is 5.56 Å². The molecule has 0 atom stereocenters. The molecule has 3 N–H and O–H groups in total. The number of phenolic OH excluding ortho intramolecular Hbond substituents is 2. The number of aromatic hydroxyl groups is 2. The SMILES string of the molecule is Oc1ccc(-c2nn[nH]n2)cc1O. The highest BCUT2D eigenvalue weighted by molar-refractivity contribution is 5.59. The number of nitrogens with one attached hydrogen (secondary N) is 1. The number of hydrogen-bond acceptors (Lipinski definition) is 5. The Morgan fingerprint density at radius 1 is 1.15 bits per heavy atom. The predicted octanol–water partition coefficient (Wildman–Crippen LogP) is 0.278. The van der Waals surface area contributed by atoms with E-state index < -0.39 is 0 Å². The molecular formula is C7H6N4O2. The zero-order chi connectivity index (χ0) is 9.26. The number of benzene rings is 1. The number of tetrazole rings is 1. The van der Waals surface area contributed by atoms with Gasteiger partial charge in [-0.05, 0) is 23.4 Å². The van der Waals surface area contributed by atoms with Gasteiger partial charge in [-0.2, -0.15) is 5.21 Å². The lowest BCUT2D eigenvalue weighted by Gasteiger charge is -1.97. The van der Waals surface area contributed by atoms with E-state index in [0.717, 1.165) is 0 Å². The molecule has 0 aliphatic rings. The standard InChI is InChI=1S/C7H6N4O2/c12-5-2-1-4(3-6(5)13)7-8-10-11-9-7/h1-3,12-13H,(H,8,9,10,11). The smallest absolute Gasteiger partial charge is 0.204 e. The van der Waals surface area contributed by atoms with E-state index in [9.17, 15) is 0 Å². The number of hydrogen-bond donors (Lipinski definition) is 3. The van der Waals surface area contributed by atoms with Crippen molar-refractivity contribution in [2.45, 2.75) is 0 Å². The van der Waals surface area contributed by atoms with Gasteiger partial charge in [-0.1, -0.05) is 0 Å². The molecular weight excluding hydrogens is 172 g/mol. The first kappa shape index (κ1) is 7.53. The second-order valence-corrected chi connectivity index (χ2v) is 2.44. The lowest BCUT2D eigenvalue weighted by atomic mass is 10.2. The molecule has 0 bridgehead atoms. The van der Waals surface area contributed by atoms with Crippen LogP contribution in [-0.2, 0) is 0 Å². The summed E-state index contributed by atoms with van der Waals surface area (Å²) in [6.07, 6.45) is 0. The second kappa shape index (κ2) is 2.74. The Morgan fingerprint density at radius 3 is 2.62 bits per heavy atom. The number of phenols is 2. The van der Waals surface area contributed by atoms with Crippen molar-refractivity contribution in [2.24, 2.45) is 0 Å². The first-order chi connectivity index (χ1) is 6.27. The lowest BCUT2D eigenvalue weighted by molar-refractivity contribution is 0.404. The fourth-order valence-corrected chi connectivity index (χ4v) is 0.947. The number of aromatic nitrogens is 4. The molecule has 0 aliphatic carbocycles. The van der Waals surface area contributed by atoms with Crippen LogP contribution in [0.1, 0.15) is 0 Å². The van der Waals surface area contributed by atoms with E-state index in [1.54, 1.807) is 6.07 Å². The maximum atomic E-state index is 9.16. The third-order valence-electron chi connectivity index (χ3n) is 1.58. The highest BCUT2D eigenvalue weighted by atomic mass is 16.3. The van der Waals surface area contributed by atoms with Gasteiger partial charge in [-0.15, -0.1) is 10.2 Å². The summed E-state index contributed by atoms with van der Waals surface area (Å²) in [6.45, 7) is 0. The van der Waals surface area contributed by atoms with Crippen LogP contribution >= 0.6 is 0 Å². The van der Waals surface area contributed by atoms with Gasteiger partial charge >= 0.3 is 0 Å². The third-order valence-corrected chi connectivity index (χ3v) is 1.58. The summed E-state index contributed by atoms with van der Waals surface area (Å²) >= 11 is 0. The van der Waals surface area contributed by atoms with Gasteiger partial charge in [0.1, 0.15) is 0 Å². The molecule has 1 heterocycles. The van der Waals surface area contributed by atoms with Gasteiger partial charge in [-0.3, -0.25) is 0 Å². The normalized spacial score (nSPS) is 10.2. The Balaban J connectivity index is 2.49. The molecule has 0 saturated carbocycles. The first-order valence-corrected chi connectivity index (χ1v) is 3.53. The molecule has 0 amide bonds. The van der Waals surface area contributed by atoms with Gasteiger partial charge in [0.2, 0.25) is 5.82 Å². The summed E-state index contributed by atoms with van der Waals surface area (Å²) in [5.41, 5.74) is 0.587. The van der Waals surface area contributed by atoms with Gasteiger partial charge in [0.25, 0.3) is 0 Å². The fraction of sp³-hybridized carbons (Fsp3) is 0. The molecule has 6 nitrogen and oxygen atoms in total. The molecule has 0 unspecified atom stereocenters. The van der Waals surface area contributed by atoms with Crippen molar-refractivity contribution in [1.29, 1.82) is 0 Å². The summed E-state index contributed by atoms with van der Waals surface area (Å²) < 4.78 is 0. The summed E-state index contributed by atoms with van der Waals surface area (Å²) in [7, 11) is 0. The molecule has 0 spiro atoms. The molecule has 2 aromatic rings. The maximum absolute atomic E-state index is 9.16. The van der Waals surface area contributed by atoms with Crippen LogP contribution in [0.4, 0.5) is 0 Å². The van der Waals surface area contributed by atoms with Gasteiger partial charge in [0.05, 0.1) is 0 Å². The highest BCUT2D eigenvalue weighted by Crippen LogP contribution is 2.28. The molecule has 0 fully saturated rings. The van der Waals surface area contributed by atoms with Gasteiger partial charge in [0.15, 0.2) is 11.5 Å². The Labute approximate surface area is 72.9 Å². The van der Waals surface area contributed by atoms with Crippen molar-refractivity contribution in [2.75, 3.05) is 0 Å². The van der Waals surface area contributed by atoms with Crippen molar-refractivity contribution in [3.8, 4) is 22.9 Å². The van der Waals surface area contributed by atoms with E-state index in [4.69, 9.17) is 10.2 Å². The average Bonchev–Trinajstić information content (AvgIpc) is 2.62. The van der Waals surface area contributed by atoms with Crippen molar-refractivity contribution in [3.63, 3.8) is 0 Å². The fourth-order valence-electron chi connectivity index (χ4n) is 0.947. The molecule has 0 radical (unpaired) electrons. The largest absolute Gasteiger partial charge is 0.504 e. The molecule has 66 valence electrons. The predicted molar refractivity (Wildman–Crippen MR) is 42.9 cm³/mol. The third kappa shape index (κ3) is 1.28. The van der Waals surface area contributed by atoms with Crippen LogP contribution in [-0.4, -0.2) is 30.8 Å². The maximum Gasteiger partial charge on any atom is 0.204 e. The van der Waals surface area contributed by atoms with Crippen molar-refractivity contribution >= 4 is 0 Å². The van der Waals surface area contributed by atoms with E-state index in [-0.39, 0.29) is 11.5 Å². The minimum Gasteiger partial charge on any atom is -0.504 e. The monoisotopic (exact) mass is 178 g/mol. The van der Waals surface area contributed by atoms with Crippen LogP contribution in [0.2, 0.25) is 0 Å². The minimum absolute atomic E-state index is 0.174. The topological polar surface area (TPSA) is 94.9 Å². The van der Waals surface area contributed by atoms with Crippen LogP contribution in [0.25, 0.3) is 11.4 Å². The molecule has 0 saturated heterocycles. The number of nitrogens with zero attached hydrogens (tertiary/aromatic N) is 3. The van der Waals surface area contributed by atoms with Gasteiger partial charge < -0.3 is 10.2 Å². The quantitative estimate of drug-likeness (QED) is 0.545. The van der Waals surface area contributed by atoms with Crippen molar-refractivity contribution in [3.05, 3.63) is 18.2 Å². The second-order valence-electron chi connectivity index (χ2n) is 2.44. The summed E-state index contributed by atoms with van der Waals surface area (Å²) in [5.74, 6) is -0.00940. The van der Waals surface area contributed by atoms with Crippen LogP contribution in [0.5, 0.6) is 11.5 Å². The summed E-state index contributed by atoms with van der Waals surface area (Å²) in [4.78, 5) is 0. The molecule has 1 aromatic heterocycles. The zero-order valence-corrected chi connectivity index (χ0v) is 6.47. The number of H-pyrrole nitrogens is 1. The molecule has 1 aromatic carbocycles. The van der Waals surface area contributed by atoms with Crippen LogP contribution in [0, 0.1) is 0 Å². The van der Waals surface area contributed by atoms with Crippen LogP contribution < -0.4 is 0 Å². The van der Waals surface area contributed by atoms with E-state index in [1.807, 2.05) is 0 Å². The van der Waals surface area contributed by atoms with Gasteiger partial charge in [-0.25, -0.2) is 0 Å². The van der Waals surface area contributed by atoms with E-state index in [1.165, 1.54) is 12.1 Å². The number of aromatic amines is 1. The Kier molecular flexibility index (Phi) is 1.59. The van der Waals surface area contributed by atoms with Crippen LogP contribution in [0.15, 0.2) is 18.2 Å². The summed E-state index contributed by atoms with van der Waals surface area (Å²) in [5, 5.41) is 31.3. The van der Waals surface area contributed by atoms with Crippen molar-refractivity contribution < 1.29 is 10.2 Å². The Hall–Kier alpha value is -2.11. The average molecular weight is 178 g/mol. The molecule has 13 heavy (non-hydrogen) atoms. The zero-order valence-electron chi connectivity index (χ0n) is 6.47. The summed E-state index contributed by atoms with van der Waals surface area (Å²) in [6, 6.07) is 4.31. The van der Waals surface area contributed by atoms with E-state index in [2.05, 4.69) is 20.6 Å². The van der Waals surface area contributed by atoms with E-state index in [0.29, 0.717) is 11.4 Å². The first-order valence-electron chi connectivity index (χ1n) is 3.53. The molecule has 2 rings (SSSR count). The Bertz CT molecular complexity index is 412. The molecule has 0 aliphatic heterocycles. The number of rotatable bonds is 1. The minimum atomic E-state index is -0.206. The highest BCUT2D eigenvalue weighted by Gasteiger charge is 2.05. The van der Waals surface area contributed by atoms with Crippen molar-refractivity contribution in [1.82, 2.24) is 20.6 Å². The molecule has 6 heteroatoms. The van der Waals surface area contributed by atoms with E-state index >= 15 is 0 Å². The van der Waals surface area contributed by atoms with Crippen LogP contribution in [0.3, 0.4) is 0 Å². The Morgan fingerprint density at radius 2 is 2.00 bits per heavy atom.